The summed E-state index contributed by atoms with van der Waals surface area (Å²) in [5.74, 6) is 1.02. The molecule has 0 saturated heterocycles. The van der Waals surface area contributed by atoms with Crippen molar-refractivity contribution in [2.45, 2.75) is 39.5 Å². The molecular weight excluding hydrogens is 318 g/mol. The fraction of sp³-hybridized carbons (Fsp3) is 0.444. The van der Waals surface area contributed by atoms with Crippen molar-refractivity contribution < 1.29 is 4.92 Å². The summed E-state index contributed by atoms with van der Waals surface area (Å²) in [5.41, 5.74) is 0.737. The highest BCUT2D eigenvalue weighted by Crippen LogP contribution is 2.32. The summed E-state index contributed by atoms with van der Waals surface area (Å²) in [7, 11) is 0. The number of nitrogens with one attached hydrogen (secondary N) is 2. The molecule has 1 aromatic carbocycles. The Morgan fingerprint density at radius 3 is 1.92 bits per heavy atom. The summed E-state index contributed by atoms with van der Waals surface area (Å²) in [6.07, 6.45) is 3.83. The second-order valence-electron chi connectivity index (χ2n) is 5.78. The minimum Gasteiger partial charge on any atom is -0.364 e. The minimum atomic E-state index is -0.419. The Kier molecular flexibility index (Phi) is 7.13. The summed E-state index contributed by atoms with van der Waals surface area (Å²) in [4.78, 5) is 20.0. The SMILES string of the molecule is CCCCNc1nc(-c2ccccc2)nc(NCCCC)c1[N+](=O)[O-]. The van der Waals surface area contributed by atoms with Crippen LogP contribution in [0.4, 0.5) is 17.3 Å². The lowest BCUT2D eigenvalue weighted by Crippen LogP contribution is -2.12. The molecule has 0 spiro atoms. The maximum atomic E-state index is 11.6. The Balaban J connectivity index is 2.45. The molecule has 25 heavy (non-hydrogen) atoms. The van der Waals surface area contributed by atoms with Gasteiger partial charge in [0.05, 0.1) is 4.92 Å². The van der Waals surface area contributed by atoms with Gasteiger partial charge in [-0.2, -0.15) is 0 Å². The molecule has 0 saturated carbocycles. The molecule has 0 radical (unpaired) electrons. The molecule has 0 bridgehead atoms. The molecule has 7 heteroatoms. The Labute approximate surface area is 148 Å². The molecule has 134 valence electrons. The third-order valence-corrected chi connectivity index (χ3v) is 3.74. The van der Waals surface area contributed by atoms with E-state index in [1.165, 1.54) is 0 Å². The van der Waals surface area contributed by atoms with Gasteiger partial charge in [0, 0.05) is 18.7 Å². The fourth-order valence-electron chi connectivity index (χ4n) is 2.36. The molecule has 1 heterocycles. The van der Waals surface area contributed by atoms with Gasteiger partial charge in [-0.1, -0.05) is 57.0 Å². The van der Waals surface area contributed by atoms with Gasteiger partial charge >= 0.3 is 5.69 Å². The molecule has 0 atom stereocenters. The van der Waals surface area contributed by atoms with Crippen LogP contribution in [0.15, 0.2) is 30.3 Å². The van der Waals surface area contributed by atoms with E-state index in [0.29, 0.717) is 18.9 Å². The largest absolute Gasteiger partial charge is 0.364 e. The molecule has 0 unspecified atom stereocenters. The topological polar surface area (TPSA) is 93.0 Å². The standard InChI is InChI=1S/C18H25N5O2/c1-3-5-12-19-17-15(23(24)25)18(20-13-6-4-2)22-16(21-17)14-10-8-7-9-11-14/h7-11H,3-6,12-13H2,1-2H3,(H2,19,20,21,22). The van der Waals surface area contributed by atoms with Crippen molar-refractivity contribution in [3.05, 3.63) is 40.4 Å². The number of nitrogens with zero attached hydrogens (tertiary/aromatic N) is 3. The van der Waals surface area contributed by atoms with Crippen molar-refractivity contribution in [2.24, 2.45) is 0 Å². The van der Waals surface area contributed by atoms with Gasteiger partial charge in [-0.05, 0) is 12.8 Å². The average molecular weight is 343 g/mol. The van der Waals surface area contributed by atoms with Gasteiger partial charge in [0.15, 0.2) is 5.82 Å². The number of hydrogen-bond donors (Lipinski definition) is 2. The first-order chi connectivity index (χ1) is 12.2. The molecule has 0 amide bonds. The maximum absolute atomic E-state index is 11.6. The van der Waals surface area contributed by atoms with Crippen LogP contribution in [0.2, 0.25) is 0 Å². The van der Waals surface area contributed by atoms with Gasteiger partial charge in [-0.15, -0.1) is 0 Å². The van der Waals surface area contributed by atoms with E-state index in [1.54, 1.807) is 0 Å². The fourth-order valence-corrected chi connectivity index (χ4v) is 2.36. The highest BCUT2D eigenvalue weighted by atomic mass is 16.6. The van der Waals surface area contributed by atoms with Crippen LogP contribution in [-0.2, 0) is 0 Å². The Bertz CT molecular complexity index is 660. The number of rotatable bonds is 10. The molecule has 0 aliphatic rings. The summed E-state index contributed by atoms with van der Waals surface area (Å²) < 4.78 is 0. The molecule has 2 rings (SSSR count). The van der Waals surface area contributed by atoms with E-state index in [-0.39, 0.29) is 17.3 Å². The van der Waals surface area contributed by atoms with Crippen LogP contribution in [0.25, 0.3) is 11.4 Å². The number of nitro groups is 1. The smallest absolute Gasteiger partial charge is 0.353 e. The maximum Gasteiger partial charge on any atom is 0.353 e. The zero-order chi connectivity index (χ0) is 18.1. The number of benzene rings is 1. The highest BCUT2D eigenvalue weighted by molar-refractivity contribution is 5.73. The Hall–Kier alpha value is -2.70. The van der Waals surface area contributed by atoms with Crippen molar-refractivity contribution in [3.8, 4) is 11.4 Å². The molecule has 0 fully saturated rings. The van der Waals surface area contributed by atoms with Crippen molar-refractivity contribution >= 4 is 17.3 Å². The molecule has 2 aromatic rings. The van der Waals surface area contributed by atoms with Crippen LogP contribution in [0.3, 0.4) is 0 Å². The molecule has 7 nitrogen and oxygen atoms in total. The average Bonchev–Trinajstić information content (AvgIpc) is 2.62. The van der Waals surface area contributed by atoms with Crippen molar-refractivity contribution in [1.29, 1.82) is 0 Å². The lowest BCUT2D eigenvalue weighted by atomic mass is 10.2. The number of unbranched alkanes of at least 4 members (excludes halogenated alkanes) is 2. The van der Waals surface area contributed by atoms with Gasteiger partial charge in [0.2, 0.25) is 11.6 Å². The zero-order valence-electron chi connectivity index (χ0n) is 14.8. The summed E-state index contributed by atoms with van der Waals surface area (Å²) in [6.45, 7) is 5.42. The van der Waals surface area contributed by atoms with E-state index >= 15 is 0 Å². The molecule has 2 N–H and O–H groups in total. The van der Waals surface area contributed by atoms with Crippen molar-refractivity contribution in [1.82, 2.24) is 9.97 Å². The van der Waals surface area contributed by atoms with E-state index < -0.39 is 4.92 Å². The lowest BCUT2D eigenvalue weighted by Gasteiger charge is -2.12. The van der Waals surface area contributed by atoms with Crippen molar-refractivity contribution in [2.75, 3.05) is 23.7 Å². The van der Waals surface area contributed by atoms with E-state index in [9.17, 15) is 10.1 Å². The first-order valence-electron chi connectivity index (χ1n) is 8.77. The third kappa shape index (κ3) is 5.14. The first kappa shape index (κ1) is 18.6. The molecule has 0 aliphatic heterocycles. The van der Waals surface area contributed by atoms with Gasteiger partial charge in [-0.25, -0.2) is 9.97 Å². The van der Waals surface area contributed by atoms with E-state index in [2.05, 4.69) is 34.4 Å². The Morgan fingerprint density at radius 1 is 0.960 bits per heavy atom. The highest BCUT2D eigenvalue weighted by Gasteiger charge is 2.25. The summed E-state index contributed by atoms with van der Waals surface area (Å²) in [5, 5.41) is 17.8. The predicted octanol–water partition coefficient (Wildman–Crippen LogP) is 4.48. The Morgan fingerprint density at radius 2 is 1.48 bits per heavy atom. The lowest BCUT2D eigenvalue weighted by molar-refractivity contribution is -0.383. The summed E-state index contributed by atoms with van der Waals surface area (Å²) in [6, 6.07) is 9.50. The first-order valence-corrected chi connectivity index (χ1v) is 8.77. The molecular formula is C18H25N5O2. The molecule has 0 aliphatic carbocycles. The monoisotopic (exact) mass is 343 g/mol. The van der Waals surface area contributed by atoms with Crippen LogP contribution < -0.4 is 10.6 Å². The molecule has 1 aromatic heterocycles. The van der Waals surface area contributed by atoms with Crippen LogP contribution in [-0.4, -0.2) is 28.0 Å². The van der Waals surface area contributed by atoms with Crippen LogP contribution in [0.1, 0.15) is 39.5 Å². The normalized spacial score (nSPS) is 10.5. The second-order valence-corrected chi connectivity index (χ2v) is 5.78. The van der Waals surface area contributed by atoms with Gasteiger partial charge in [0.1, 0.15) is 0 Å². The predicted molar refractivity (Wildman–Crippen MR) is 101 cm³/mol. The van der Waals surface area contributed by atoms with Crippen LogP contribution in [0.5, 0.6) is 0 Å². The number of hydrogen-bond acceptors (Lipinski definition) is 6. The van der Waals surface area contributed by atoms with Crippen molar-refractivity contribution in [3.63, 3.8) is 0 Å². The summed E-state index contributed by atoms with van der Waals surface area (Å²) >= 11 is 0. The van der Waals surface area contributed by atoms with E-state index in [1.807, 2.05) is 30.3 Å². The second kappa shape index (κ2) is 9.56. The van der Waals surface area contributed by atoms with E-state index in [0.717, 1.165) is 31.2 Å². The quantitative estimate of drug-likeness (QED) is 0.375. The van der Waals surface area contributed by atoms with Gasteiger partial charge < -0.3 is 10.6 Å². The van der Waals surface area contributed by atoms with Gasteiger partial charge in [-0.3, -0.25) is 10.1 Å². The van der Waals surface area contributed by atoms with Gasteiger partial charge in [0.25, 0.3) is 0 Å². The van der Waals surface area contributed by atoms with Crippen LogP contribution >= 0.6 is 0 Å². The number of anilines is 2. The third-order valence-electron chi connectivity index (χ3n) is 3.74. The minimum absolute atomic E-state index is 0.0908. The van der Waals surface area contributed by atoms with Crippen LogP contribution in [0, 0.1) is 10.1 Å². The number of aromatic nitrogens is 2. The zero-order valence-corrected chi connectivity index (χ0v) is 14.8. The van der Waals surface area contributed by atoms with E-state index in [4.69, 9.17) is 0 Å².